The van der Waals surface area contributed by atoms with Gasteiger partial charge in [-0.05, 0) is 90.3 Å². The molecule has 1 fully saturated rings. The second-order valence-corrected chi connectivity index (χ2v) is 13.2. The monoisotopic (exact) mass is 502 g/mol. The molecule has 2 aromatic rings. The fourth-order valence-electron chi connectivity index (χ4n) is 5.01. The number of anilines is 2. The maximum absolute atomic E-state index is 12.3. The first-order chi connectivity index (χ1) is 16.4. The largest absolute Gasteiger partial charge is 0.449 e. The van der Waals surface area contributed by atoms with E-state index in [1.54, 1.807) is 6.07 Å². The predicted octanol–water partition coefficient (Wildman–Crippen LogP) is 5.12. The van der Waals surface area contributed by atoms with Crippen molar-refractivity contribution < 1.29 is 17.9 Å². The van der Waals surface area contributed by atoms with Gasteiger partial charge in [-0.3, -0.25) is 4.68 Å². The highest BCUT2D eigenvalue weighted by atomic mass is 32.2. The Kier molecular flexibility index (Phi) is 7.18. The van der Waals surface area contributed by atoms with Crippen molar-refractivity contribution in [2.45, 2.75) is 89.1 Å². The molecule has 35 heavy (non-hydrogen) atoms. The van der Waals surface area contributed by atoms with Crippen LogP contribution in [0.25, 0.3) is 0 Å². The van der Waals surface area contributed by atoms with E-state index in [0.29, 0.717) is 29.8 Å². The summed E-state index contributed by atoms with van der Waals surface area (Å²) in [5.74, 6) is 1.66. The van der Waals surface area contributed by atoms with Crippen LogP contribution in [0.4, 0.5) is 16.3 Å². The number of hydrogen-bond acceptors (Lipinski definition) is 6. The normalized spacial score (nSPS) is 21.5. The Labute approximate surface area is 208 Å². The Morgan fingerprint density at radius 1 is 1.17 bits per heavy atom. The number of sulfone groups is 1. The lowest BCUT2D eigenvalue weighted by molar-refractivity contribution is 0.111. The molecule has 1 saturated carbocycles. The first-order valence-corrected chi connectivity index (χ1v) is 14.2. The lowest BCUT2D eigenvalue weighted by Gasteiger charge is -2.31. The highest BCUT2D eigenvalue weighted by molar-refractivity contribution is 7.91. The molecule has 2 heterocycles. The van der Waals surface area contributed by atoms with Gasteiger partial charge in [0.25, 0.3) is 0 Å². The van der Waals surface area contributed by atoms with E-state index in [9.17, 15) is 13.2 Å². The Morgan fingerprint density at radius 3 is 2.54 bits per heavy atom. The number of alkyl carbamates (subject to hydrolysis) is 1. The van der Waals surface area contributed by atoms with Gasteiger partial charge in [0.15, 0.2) is 15.7 Å². The number of aromatic nitrogens is 2. The maximum atomic E-state index is 12.3. The second-order valence-electron chi connectivity index (χ2n) is 11.2. The van der Waals surface area contributed by atoms with Crippen LogP contribution in [0.15, 0.2) is 29.2 Å². The molecule has 192 valence electrons. The summed E-state index contributed by atoms with van der Waals surface area (Å²) in [7, 11) is -3.19. The summed E-state index contributed by atoms with van der Waals surface area (Å²) in [6.07, 6.45) is 4.26. The van der Waals surface area contributed by atoms with Gasteiger partial charge in [0.05, 0.1) is 22.8 Å². The third-order valence-electron chi connectivity index (χ3n) is 6.81. The van der Waals surface area contributed by atoms with E-state index in [4.69, 9.17) is 9.84 Å². The SMILES string of the molecule is CC(C)NC(=O)OCC1CCC(c2cc(Nc3ccc4c(c3)S(=O)(=O)CC4)nn2C(C)(C)C)CC1. The molecule has 2 N–H and O–H groups in total. The van der Waals surface area contributed by atoms with E-state index >= 15 is 0 Å². The van der Waals surface area contributed by atoms with Crippen LogP contribution in [-0.4, -0.2) is 42.7 Å². The summed E-state index contributed by atoms with van der Waals surface area (Å²) in [5.41, 5.74) is 2.62. The summed E-state index contributed by atoms with van der Waals surface area (Å²) < 4.78 is 32.2. The van der Waals surface area contributed by atoms with Gasteiger partial charge in [0.2, 0.25) is 0 Å². The maximum Gasteiger partial charge on any atom is 0.407 e. The molecule has 0 atom stereocenters. The molecular formula is C26H38N4O4S. The average Bonchev–Trinajstić information content (AvgIpc) is 3.33. The van der Waals surface area contributed by atoms with E-state index in [-0.39, 0.29) is 23.4 Å². The first kappa shape index (κ1) is 25.5. The number of hydrogen-bond donors (Lipinski definition) is 2. The van der Waals surface area contributed by atoms with E-state index in [2.05, 4.69) is 42.2 Å². The smallest absolute Gasteiger partial charge is 0.407 e. The number of nitrogens with one attached hydrogen (secondary N) is 2. The fourth-order valence-corrected chi connectivity index (χ4v) is 6.60. The van der Waals surface area contributed by atoms with Gasteiger partial charge in [-0.15, -0.1) is 0 Å². The Morgan fingerprint density at radius 2 is 1.89 bits per heavy atom. The number of carbonyl (C=O) groups excluding carboxylic acids is 1. The van der Waals surface area contributed by atoms with Gasteiger partial charge in [0.1, 0.15) is 0 Å². The lowest BCUT2D eigenvalue weighted by atomic mass is 9.80. The van der Waals surface area contributed by atoms with Gasteiger partial charge in [-0.1, -0.05) is 6.07 Å². The molecule has 0 saturated heterocycles. The molecule has 1 amide bonds. The minimum absolute atomic E-state index is 0.0694. The van der Waals surface area contributed by atoms with Crippen molar-refractivity contribution in [2.75, 3.05) is 17.7 Å². The standard InChI is InChI=1S/C26H38N4O4S/c1-17(2)27-25(31)34-16-18-6-8-19(9-7-18)22-15-24(29-30(22)26(3,4)5)28-21-11-10-20-12-13-35(32,33)23(20)14-21/h10-11,14-15,17-19H,6-9,12-13,16H2,1-5H3,(H,27,31)(H,28,29). The summed E-state index contributed by atoms with van der Waals surface area (Å²) in [6.45, 7) is 10.7. The number of benzene rings is 1. The van der Waals surface area contributed by atoms with E-state index < -0.39 is 9.84 Å². The van der Waals surface area contributed by atoms with Gasteiger partial charge >= 0.3 is 6.09 Å². The molecule has 0 bridgehead atoms. The molecule has 0 unspecified atom stereocenters. The minimum atomic E-state index is -3.19. The predicted molar refractivity (Wildman–Crippen MR) is 137 cm³/mol. The van der Waals surface area contributed by atoms with Crippen LogP contribution in [0.1, 0.15) is 77.5 Å². The molecule has 9 heteroatoms. The van der Waals surface area contributed by atoms with Crippen LogP contribution in [0.2, 0.25) is 0 Å². The van der Waals surface area contributed by atoms with Crippen molar-refractivity contribution in [2.24, 2.45) is 5.92 Å². The van der Waals surface area contributed by atoms with Crippen molar-refractivity contribution in [1.82, 2.24) is 15.1 Å². The van der Waals surface area contributed by atoms with Gasteiger partial charge in [-0.25, -0.2) is 13.2 Å². The zero-order valence-corrected chi connectivity index (χ0v) is 22.2. The quantitative estimate of drug-likeness (QED) is 0.568. The minimum Gasteiger partial charge on any atom is -0.449 e. The van der Waals surface area contributed by atoms with Crippen molar-refractivity contribution in [3.63, 3.8) is 0 Å². The number of fused-ring (bicyclic) bond motifs is 1. The Hall–Kier alpha value is -2.55. The summed E-state index contributed by atoms with van der Waals surface area (Å²) in [4.78, 5) is 12.2. The van der Waals surface area contributed by atoms with Crippen LogP contribution in [0, 0.1) is 5.92 Å². The molecule has 1 aliphatic heterocycles. The number of rotatable bonds is 6. The molecule has 0 spiro atoms. The van der Waals surface area contributed by atoms with Crippen molar-refractivity contribution in [3.05, 3.63) is 35.5 Å². The topological polar surface area (TPSA) is 102 Å². The zero-order valence-electron chi connectivity index (χ0n) is 21.4. The molecular weight excluding hydrogens is 464 g/mol. The van der Waals surface area contributed by atoms with Crippen LogP contribution in [0.5, 0.6) is 0 Å². The number of aryl methyl sites for hydroxylation is 1. The van der Waals surface area contributed by atoms with Crippen LogP contribution in [0.3, 0.4) is 0 Å². The molecule has 8 nitrogen and oxygen atoms in total. The number of nitrogens with zero attached hydrogens (tertiary/aromatic N) is 2. The van der Waals surface area contributed by atoms with Gasteiger partial charge < -0.3 is 15.4 Å². The van der Waals surface area contributed by atoms with Crippen LogP contribution < -0.4 is 10.6 Å². The average molecular weight is 503 g/mol. The van der Waals surface area contributed by atoms with Crippen LogP contribution >= 0.6 is 0 Å². The molecule has 2 aliphatic rings. The number of ether oxygens (including phenoxy) is 1. The molecule has 1 aliphatic carbocycles. The number of carbonyl (C=O) groups is 1. The van der Waals surface area contributed by atoms with Crippen molar-refractivity contribution in [1.29, 1.82) is 0 Å². The lowest BCUT2D eigenvalue weighted by Crippen LogP contribution is -2.32. The molecule has 1 aromatic heterocycles. The van der Waals surface area contributed by atoms with Crippen molar-refractivity contribution >= 4 is 27.4 Å². The van der Waals surface area contributed by atoms with Gasteiger partial charge in [0, 0.05) is 29.4 Å². The third-order valence-corrected chi connectivity index (χ3v) is 8.60. The summed E-state index contributed by atoms with van der Waals surface area (Å²) >= 11 is 0. The molecule has 1 aromatic carbocycles. The molecule has 4 rings (SSSR count). The van der Waals surface area contributed by atoms with E-state index in [1.165, 1.54) is 5.69 Å². The first-order valence-electron chi connectivity index (χ1n) is 12.6. The number of amides is 1. The summed E-state index contributed by atoms with van der Waals surface area (Å²) in [6, 6.07) is 7.73. The molecule has 0 radical (unpaired) electrons. The van der Waals surface area contributed by atoms with Gasteiger partial charge in [-0.2, -0.15) is 5.10 Å². The zero-order chi connectivity index (χ0) is 25.4. The third kappa shape index (κ3) is 6.00. The fraction of sp³-hybridized carbons (Fsp3) is 0.615. The van der Waals surface area contributed by atoms with Crippen molar-refractivity contribution in [3.8, 4) is 0 Å². The van der Waals surface area contributed by atoms with Crippen LogP contribution in [-0.2, 0) is 26.5 Å². The highest BCUT2D eigenvalue weighted by Gasteiger charge is 2.30. The Bertz CT molecular complexity index is 1170. The highest BCUT2D eigenvalue weighted by Crippen LogP contribution is 2.39. The Balaban J connectivity index is 1.45. The van der Waals surface area contributed by atoms with E-state index in [0.717, 1.165) is 42.8 Å². The van der Waals surface area contributed by atoms with E-state index in [1.807, 2.05) is 26.0 Å². The summed E-state index contributed by atoms with van der Waals surface area (Å²) in [5, 5.41) is 11.0. The second kappa shape index (κ2) is 9.84.